The normalized spacial score (nSPS) is 10.1. The number of pyridine rings is 1. The Labute approximate surface area is 112 Å². The van der Waals surface area contributed by atoms with Gasteiger partial charge in [0, 0.05) is 18.0 Å². The summed E-state index contributed by atoms with van der Waals surface area (Å²) in [5, 5.41) is 2.20. The molecule has 2 heterocycles. The van der Waals surface area contributed by atoms with E-state index in [4.69, 9.17) is 11.6 Å². The Kier molecular flexibility index (Phi) is 3.86. The lowest BCUT2D eigenvalue weighted by molar-refractivity contribution is 0.186. The topological polar surface area (TPSA) is 77.0 Å². The van der Waals surface area contributed by atoms with Gasteiger partial charge in [-0.15, -0.1) is 0 Å². The average Bonchev–Trinajstić information content (AvgIpc) is 2.42. The number of hydrogen-bond donors (Lipinski definition) is 1. The van der Waals surface area contributed by atoms with Crippen LogP contribution in [0.1, 0.15) is 0 Å². The summed E-state index contributed by atoms with van der Waals surface area (Å²) in [6, 6.07) is 2.96. The van der Waals surface area contributed by atoms with E-state index in [1.54, 1.807) is 6.07 Å². The number of rotatable bonds is 2. The largest absolute Gasteiger partial charge is 0.453 e. The van der Waals surface area contributed by atoms with Gasteiger partial charge in [0.1, 0.15) is 0 Å². The van der Waals surface area contributed by atoms with E-state index >= 15 is 0 Å². The second-order valence-electron chi connectivity index (χ2n) is 3.38. The molecular weight excluding hydrogens is 275 g/mol. The third kappa shape index (κ3) is 3.14. The van der Waals surface area contributed by atoms with Crippen LogP contribution in [-0.4, -0.2) is 28.2 Å². The maximum absolute atomic E-state index is 13.0. The van der Waals surface area contributed by atoms with Crippen LogP contribution in [0.3, 0.4) is 0 Å². The number of methoxy groups -OCH3 is 1. The van der Waals surface area contributed by atoms with Gasteiger partial charge in [0.15, 0.2) is 0 Å². The highest BCUT2D eigenvalue weighted by Gasteiger charge is 2.08. The molecule has 0 aromatic carbocycles. The summed E-state index contributed by atoms with van der Waals surface area (Å²) in [5.41, 5.74) is 0.942. The van der Waals surface area contributed by atoms with Crippen molar-refractivity contribution in [2.75, 3.05) is 12.4 Å². The number of nitrogens with zero attached hydrogens (tertiary/aromatic N) is 3. The van der Waals surface area contributed by atoms with Gasteiger partial charge in [-0.2, -0.15) is 4.39 Å². The standard InChI is InChI=1S/C11H8ClFN4O2/c1-19-11(18)17-10-14-3-2-8(16-10)6-4-7(12)9(13)15-5-6/h2-5H,1H3,(H,14,16,17,18). The summed E-state index contributed by atoms with van der Waals surface area (Å²) in [7, 11) is 1.23. The molecule has 0 aliphatic heterocycles. The Morgan fingerprint density at radius 3 is 2.95 bits per heavy atom. The molecular formula is C11H8ClFN4O2. The van der Waals surface area contributed by atoms with Crippen molar-refractivity contribution in [3.8, 4) is 11.3 Å². The first kappa shape index (κ1) is 13.2. The third-order valence-electron chi connectivity index (χ3n) is 2.15. The van der Waals surface area contributed by atoms with Crippen molar-refractivity contribution in [2.45, 2.75) is 0 Å². The zero-order chi connectivity index (χ0) is 13.8. The van der Waals surface area contributed by atoms with E-state index in [0.717, 1.165) is 0 Å². The predicted octanol–water partition coefficient (Wildman–Crippen LogP) is 2.51. The first-order valence-corrected chi connectivity index (χ1v) is 5.47. The molecule has 2 aromatic rings. The molecule has 0 radical (unpaired) electrons. The van der Waals surface area contributed by atoms with Crippen LogP contribution in [-0.2, 0) is 4.74 Å². The highest BCUT2D eigenvalue weighted by Crippen LogP contribution is 2.22. The van der Waals surface area contributed by atoms with Gasteiger partial charge in [-0.05, 0) is 12.1 Å². The highest BCUT2D eigenvalue weighted by molar-refractivity contribution is 6.30. The smallest absolute Gasteiger partial charge is 0.413 e. The number of halogens is 2. The lowest BCUT2D eigenvalue weighted by Gasteiger charge is -2.05. The second kappa shape index (κ2) is 5.57. The minimum atomic E-state index is -0.757. The molecule has 8 heteroatoms. The molecule has 0 saturated carbocycles. The molecule has 0 aliphatic carbocycles. The minimum Gasteiger partial charge on any atom is -0.453 e. The summed E-state index contributed by atoms with van der Waals surface area (Å²) < 4.78 is 17.4. The number of carbonyl (C=O) groups excluding carboxylic acids is 1. The van der Waals surface area contributed by atoms with Gasteiger partial charge in [-0.1, -0.05) is 11.6 Å². The Hall–Kier alpha value is -2.28. The molecule has 0 bridgehead atoms. The Morgan fingerprint density at radius 2 is 2.26 bits per heavy atom. The Balaban J connectivity index is 2.32. The summed E-state index contributed by atoms with van der Waals surface area (Å²) in [5.74, 6) is -0.697. The van der Waals surface area contributed by atoms with Crippen molar-refractivity contribution >= 4 is 23.6 Å². The lowest BCUT2D eigenvalue weighted by Crippen LogP contribution is -2.13. The highest BCUT2D eigenvalue weighted by atomic mass is 35.5. The first-order chi connectivity index (χ1) is 9.10. The summed E-state index contributed by atoms with van der Waals surface area (Å²) in [6.45, 7) is 0. The van der Waals surface area contributed by atoms with Gasteiger partial charge >= 0.3 is 6.09 Å². The molecule has 1 N–H and O–H groups in total. The number of hydrogen-bond acceptors (Lipinski definition) is 5. The van der Waals surface area contributed by atoms with Crippen molar-refractivity contribution in [3.05, 3.63) is 35.5 Å². The van der Waals surface area contributed by atoms with E-state index in [1.807, 2.05) is 0 Å². The summed E-state index contributed by atoms with van der Waals surface area (Å²) in [4.78, 5) is 22.4. The van der Waals surface area contributed by atoms with Gasteiger partial charge < -0.3 is 4.74 Å². The number of carbonyl (C=O) groups is 1. The van der Waals surface area contributed by atoms with Gasteiger partial charge in [0.25, 0.3) is 0 Å². The number of aromatic nitrogens is 3. The van der Waals surface area contributed by atoms with Crippen LogP contribution < -0.4 is 5.32 Å². The molecule has 0 saturated heterocycles. The van der Waals surface area contributed by atoms with Gasteiger partial charge in [-0.3, -0.25) is 5.32 Å². The van der Waals surface area contributed by atoms with E-state index in [9.17, 15) is 9.18 Å². The predicted molar refractivity (Wildman–Crippen MR) is 66.3 cm³/mol. The fourth-order valence-corrected chi connectivity index (χ4v) is 1.45. The number of amides is 1. The fourth-order valence-electron chi connectivity index (χ4n) is 1.28. The van der Waals surface area contributed by atoms with Crippen LogP contribution >= 0.6 is 11.6 Å². The molecule has 2 rings (SSSR count). The van der Waals surface area contributed by atoms with Crippen molar-refractivity contribution in [1.29, 1.82) is 0 Å². The van der Waals surface area contributed by atoms with E-state index in [1.165, 1.54) is 25.6 Å². The summed E-state index contributed by atoms with van der Waals surface area (Å²) >= 11 is 5.64. The zero-order valence-electron chi connectivity index (χ0n) is 9.72. The molecule has 0 unspecified atom stereocenters. The molecule has 6 nitrogen and oxygen atoms in total. The Morgan fingerprint density at radius 1 is 1.47 bits per heavy atom. The third-order valence-corrected chi connectivity index (χ3v) is 2.41. The fraction of sp³-hybridized carbons (Fsp3) is 0.0909. The molecule has 0 spiro atoms. The van der Waals surface area contributed by atoms with E-state index < -0.39 is 12.0 Å². The maximum atomic E-state index is 13.0. The molecule has 0 fully saturated rings. The number of anilines is 1. The molecule has 0 atom stereocenters. The van der Waals surface area contributed by atoms with Crippen molar-refractivity contribution in [2.24, 2.45) is 0 Å². The quantitative estimate of drug-likeness (QED) is 0.856. The van der Waals surface area contributed by atoms with Crippen molar-refractivity contribution in [1.82, 2.24) is 15.0 Å². The second-order valence-corrected chi connectivity index (χ2v) is 3.79. The monoisotopic (exact) mass is 282 g/mol. The number of nitrogens with one attached hydrogen (secondary N) is 1. The van der Waals surface area contributed by atoms with Gasteiger partial charge in [0.05, 0.1) is 17.8 Å². The van der Waals surface area contributed by atoms with Gasteiger partial charge in [-0.25, -0.2) is 19.7 Å². The SMILES string of the molecule is COC(=O)Nc1nccc(-c2cnc(F)c(Cl)c2)n1. The maximum Gasteiger partial charge on any atom is 0.413 e. The van der Waals surface area contributed by atoms with Crippen LogP contribution in [0, 0.1) is 5.95 Å². The minimum absolute atomic E-state index is 0.0600. The van der Waals surface area contributed by atoms with E-state index in [2.05, 4.69) is 25.0 Å². The van der Waals surface area contributed by atoms with E-state index in [-0.39, 0.29) is 11.0 Å². The summed E-state index contributed by atoms with van der Waals surface area (Å²) in [6.07, 6.45) is 2.03. The molecule has 98 valence electrons. The number of ether oxygens (including phenoxy) is 1. The molecule has 1 amide bonds. The van der Waals surface area contributed by atoms with Crippen LogP contribution in [0.2, 0.25) is 5.02 Å². The van der Waals surface area contributed by atoms with E-state index in [0.29, 0.717) is 11.3 Å². The van der Waals surface area contributed by atoms with Crippen LogP contribution in [0.15, 0.2) is 24.5 Å². The zero-order valence-corrected chi connectivity index (χ0v) is 10.5. The van der Waals surface area contributed by atoms with Gasteiger partial charge in [0.2, 0.25) is 11.9 Å². The van der Waals surface area contributed by atoms with Crippen LogP contribution in [0.5, 0.6) is 0 Å². The first-order valence-electron chi connectivity index (χ1n) is 5.09. The van der Waals surface area contributed by atoms with Crippen molar-refractivity contribution in [3.63, 3.8) is 0 Å². The van der Waals surface area contributed by atoms with Crippen LogP contribution in [0.25, 0.3) is 11.3 Å². The molecule has 0 aliphatic rings. The Bertz CT molecular complexity index is 623. The van der Waals surface area contributed by atoms with Crippen LogP contribution in [0.4, 0.5) is 15.1 Å². The van der Waals surface area contributed by atoms with Crippen molar-refractivity contribution < 1.29 is 13.9 Å². The molecule has 2 aromatic heterocycles. The lowest BCUT2D eigenvalue weighted by atomic mass is 10.2. The average molecular weight is 283 g/mol. The molecule has 19 heavy (non-hydrogen) atoms.